The van der Waals surface area contributed by atoms with Crippen LogP contribution in [-0.2, 0) is 104 Å². The molecule has 13 rings (SSSR count). The zero-order chi connectivity index (χ0) is 47.4. The van der Waals surface area contributed by atoms with Crippen LogP contribution in [0.2, 0.25) is 0 Å². The van der Waals surface area contributed by atoms with E-state index in [1.807, 2.05) is 194 Å². The smallest absolute Gasteiger partial charge is 0.330 e. The van der Waals surface area contributed by atoms with Crippen molar-refractivity contribution in [3.63, 3.8) is 0 Å². The summed E-state index contributed by atoms with van der Waals surface area (Å²) in [6, 6.07) is 61.8. The number of rotatable bonds is 4. The van der Waals surface area contributed by atoms with Crippen molar-refractivity contribution < 1.29 is 33.8 Å². The predicted molar refractivity (Wildman–Crippen MR) is 273 cm³/mol. The highest BCUT2D eigenvalue weighted by atomic mass is 33.1. The predicted octanol–water partition coefficient (Wildman–Crippen LogP) is 10.1. The summed E-state index contributed by atoms with van der Waals surface area (Å²) in [5, 5.41) is 11.1. The van der Waals surface area contributed by atoms with Gasteiger partial charge in [-0.2, -0.15) is 0 Å². The van der Waals surface area contributed by atoms with Crippen molar-refractivity contribution in [1.29, 1.82) is 0 Å². The number of carboxylic acids is 1. The highest BCUT2D eigenvalue weighted by Gasteiger charge is 2.76. The van der Waals surface area contributed by atoms with Crippen LogP contribution >= 0.6 is 0 Å². The number of esters is 2. The van der Waals surface area contributed by atoms with Gasteiger partial charge in [-0.1, -0.05) is 194 Å². The van der Waals surface area contributed by atoms with Crippen molar-refractivity contribution in [2.24, 2.45) is 0 Å². The fraction of sp³-hybridized carbons (Fsp3) is 0.0714. The van der Waals surface area contributed by atoms with Crippen LogP contribution in [0.5, 0.6) is 0 Å². The van der Waals surface area contributed by atoms with Crippen LogP contribution in [0.15, 0.2) is 194 Å². The van der Waals surface area contributed by atoms with Gasteiger partial charge in [0.05, 0.1) is 0 Å². The molecule has 1 aliphatic heterocycles. The average Bonchev–Trinajstić information content (AvgIpc) is 4.12. The minimum atomic E-state index is -1.66. The quantitative estimate of drug-likeness (QED) is 0.104. The molecule has 0 unspecified atom stereocenters. The third-order valence-electron chi connectivity index (χ3n) is 14.2. The van der Waals surface area contributed by atoms with E-state index in [1.165, 1.54) is 0 Å². The van der Waals surface area contributed by atoms with Crippen LogP contribution in [0.4, 0.5) is 0 Å². The first-order chi connectivity index (χ1) is 33.3. The van der Waals surface area contributed by atoms with Crippen LogP contribution < -0.4 is 0 Å². The minimum absolute atomic E-state index is 0.382. The Morgan fingerprint density at radius 1 is 0.441 bits per heavy atom. The van der Waals surface area contributed by atoms with Crippen LogP contribution in [0, 0.1) is 0 Å². The molecule has 7 nitrogen and oxygen atoms in total. The molecular formula is C56H34O7S5. The molecule has 0 amide bonds. The highest BCUT2D eigenvalue weighted by molar-refractivity contribution is 8.37. The fourth-order valence-corrected chi connectivity index (χ4v) is 12.1. The molecule has 8 aromatic carbocycles. The summed E-state index contributed by atoms with van der Waals surface area (Å²) in [6.45, 7) is 0.382. The molecule has 330 valence electrons. The standard InChI is InChI=1S/C28H18O4.C28H16O3.S3.S2/c29-17-32-28(24-15-7-3-11-20(24)21-12-4-8-16-25(21)28)27(26(30)31)22-13-5-1-9-18(22)19-10-2-6-14-23(19)27;29-25-27(21-13-5-1-9-17(21)18-10-2-6-14-22(18)27)28(26(30)31-25)23-15-7-3-11-19(23)20-12-4-8-16-24(20)28;1-3-2;1-2/h1-17H,(H,30,31);1-16H;;. The van der Waals surface area contributed by atoms with Gasteiger partial charge in [-0.25, -0.2) is 0 Å². The molecule has 4 aliphatic carbocycles. The molecule has 2 spiro atoms. The van der Waals surface area contributed by atoms with Crippen molar-refractivity contribution >= 4 is 78.0 Å². The SMILES string of the molecule is O=C1OC(=O)C2(c3ccccc3-c3ccccc32)C12c1ccccc1-c1ccccc12.O=COC1(C2(C(=O)O)c3ccccc3-c3ccccc32)c2ccccc2-c2ccccc21.S=S.S=S=S. The molecule has 0 atom stereocenters. The van der Waals surface area contributed by atoms with Crippen LogP contribution in [0.3, 0.4) is 0 Å². The number of fused-ring (bicyclic) bond motifs is 17. The molecule has 0 saturated carbocycles. The Kier molecular flexibility index (Phi) is 11.3. The van der Waals surface area contributed by atoms with Gasteiger partial charge in [0, 0.05) is 64.8 Å². The maximum Gasteiger partial charge on any atom is 0.330 e. The van der Waals surface area contributed by atoms with Crippen molar-refractivity contribution in [2.45, 2.75) is 21.8 Å². The zero-order valence-electron chi connectivity index (χ0n) is 35.5. The molecule has 8 aromatic rings. The number of hydrogen-bond donors (Lipinski definition) is 1. The van der Waals surface area contributed by atoms with E-state index in [9.17, 15) is 24.3 Å². The molecular weight excluding hydrogens is 945 g/mol. The van der Waals surface area contributed by atoms with Gasteiger partial charge in [0.2, 0.25) is 0 Å². The Morgan fingerprint density at radius 3 is 0.926 bits per heavy atom. The van der Waals surface area contributed by atoms with E-state index in [4.69, 9.17) is 9.47 Å². The van der Waals surface area contributed by atoms with Crippen molar-refractivity contribution in [2.75, 3.05) is 0 Å². The first-order valence-electron chi connectivity index (χ1n) is 21.3. The van der Waals surface area contributed by atoms with Crippen LogP contribution in [0.25, 0.3) is 44.5 Å². The average molecular weight is 979 g/mol. The third kappa shape index (κ3) is 5.54. The number of carbonyl (C=O) groups excluding carboxylic acids is 3. The molecule has 0 bridgehead atoms. The van der Waals surface area contributed by atoms with E-state index in [0.29, 0.717) is 28.7 Å². The molecule has 0 radical (unpaired) electrons. The number of carbonyl (C=O) groups is 4. The second kappa shape index (κ2) is 17.2. The zero-order valence-corrected chi connectivity index (χ0v) is 39.6. The third-order valence-corrected chi connectivity index (χ3v) is 14.2. The summed E-state index contributed by atoms with van der Waals surface area (Å²) >= 11 is 15.6. The lowest BCUT2D eigenvalue weighted by atomic mass is 9.55. The summed E-state index contributed by atoms with van der Waals surface area (Å²) in [6.07, 6.45) is 0. The number of cyclic esters (lactones) is 2. The summed E-state index contributed by atoms with van der Waals surface area (Å²) in [5.74, 6) is -2.06. The minimum Gasteiger partial charge on any atom is -0.480 e. The molecule has 1 N–H and O–H groups in total. The normalized spacial score (nSPS) is 15.8. The monoisotopic (exact) mass is 978 g/mol. The van der Waals surface area contributed by atoms with E-state index >= 15 is 0 Å². The van der Waals surface area contributed by atoms with Gasteiger partial charge in [-0.15, -0.1) is 0 Å². The van der Waals surface area contributed by atoms with E-state index in [-0.39, 0.29) is 0 Å². The topological polar surface area (TPSA) is 107 Å². The second-order valence-corrected chi connectivity index (χ2v) is 18.3. The lowest BCUT2D eigenvalue weighted by Crippen LogP contribution is -2.55. The van der Waals surface area contributed by atoms with Crippen LogP contribution in [0.1, 0.15) is 44.5 Å². The number of aliphatic carboxylic acids is 1. The van der Waals surface area contributed by atoms with E-state index < -0.39 is 39.8 Å². The maximum absolute atomic E-state index is 13.9. The number of benzene rings is 8. The molecule has 1 saturated heterocycles. The summed E-state index contributed by atoms with van der Waals surface area (Å²) < 4.78 is 11.6. The second-order valence-electron chi connectivity index (χ2n) is 16.6. The largest absolute Gasteiger partial charge is 0.480 e. The Morgan fingerprint density at radius 2 is 0.662 bits per heavy atom. The Bertz CT molecular complexity index is 3180. The number of carboxylic acid groups (broad SMARTS) is 1. The van der Waals surface area contributed by atoms with Crippen molar-refractivity contribution in [1.82, 2.24) is 0 Å². The van der Waals surface area contributed by atoms with Gasteiger partial charge in [-0.3, -0.25) is 19.2 Å². The molecule has 5 aliphatic rings. The Hall–Kier alpha value is -7.06. The van der Waals surface area contributed by atoms with Gasteiger partial charge in [0.25, 0.3) is 6.47 Å². The van der Waals surface area contributed by atoms with Gasteiger partial charge in [-0.05, 0) is 77.9 Å². The van der Waals surface area contributed by atoms with Gasteiger partial charge < -0.3 is 14.6 Å². The Balaban J connectivity index is 0.000000145. The molecule has 1 heterocycles. The fourth-order valence-electron chi connectivity index (χ4n) is 12.1. The van der Waals surface area contributed by atoms with E-state index in [2.05, 4.69) is 44.8 Å². The van der Waals surface area contributed by atoms with Gasteiger partial charge in [0.1, 0.15) is 10.8 Å². The Labute approximate surface area is 414 Å². The first kappa shape index (κ1) is 44.8. The summed E-state index contributed by atoms with van der Waals surface area (Å²) in [7, 11) is 0.917. The highest BCUT2D eigenvalue weighted by Crippen LogP contribution is 2.69. The molecule has 12 heteroatoms. The lowest BCUT2D eigenvalue weighted by molar-refractivity contribution is -0.161. The van der Waals surface area contributed by atoms with Crippen LogP contribution in [-0.4, -0.2) is 29.5 Å². The summed E-state index contributed by atoms with van der Waals surface area (Å²) in [4.78, 5) is 53.4. The number of ether oxygens (including phenoxy) is 2. The summed E-state index contributed by atoms with van der Waals surface area (Å²) in [5.41, 5.74) is 7.44. The first-order valence-corrected chi connectivity index (χ1v) is 25.3. The van der Waals surface area contributed by atoms with Gasteiger partial charge >= 0.3 is 17.9 Å². The molecule has 1 fully saturated rings. The molecule has 68 heavy (non-hydrogen) atoms. The number of hydrogen-bond acceptors (Lipinski definition) is 10. The van der Waals surface area contributed by atoms with Gasteiger partial charge in [0.15, 0.2) is 11.0 Å². The van der Waals surface area contributed by atoms with E-state index in [0.717, 1.165) is 75.6 Å². The van der Waals surface area contributed by atoms with Crippen molar-refractivity contribution in [3.05, 3.63) is 239 Å². The van der Waals surface area contributed by atoms with E-state index in [1.54, 1.807) is 0 Å². The molecule has 0 aromatic heterocycles. The lowest BCUT2D eigenvalue weighted by Gasteiger charge is -2.44. The maximum atomic E-state index is 13.9. The van der Waals surface area contributed by atoms with Crippen molar-refractivity contribution in [3.8, 4) is 44.5 Å².